The van der Waals surface area contributed by atoms with Crippen molar-refractivity contribution >= 4 is 18.6 Å². The van der Waals surface area contributed by atoms with Gasteiger partial charge in [0.2, 0.25) is 0 Å². The van der Waals surface area contributed by atoms with E-state index in [0.717, 1.165) is 26.1 Å². The Morgan fingerprint density at radius 1 is 0.938 bits per heavy atom. The Balaban J connectivity index is 0. The van der Waals surface area contributed by atoms with Gasteiger partial charge in [0, 0.05) is 13.1 Å². The quantitative estimate of drug-likeness (QED) is 0.456. The Labute approximate surface area is 118 Å². The molecule has 0 aromatic carbocycles. The molecule has 0 N–H and O–H groups in total. The second kappa shape index (κ2) is 18.6. The second-order valence-electron chi connectivity index (χ2n) is 3.54. The zero-order valence-electron chi connectivity index (χ0n) is 10.8. The summed E-state index contributed by atoms with van der Waals surface area (Å²) in [6, 6.07) is 0. The minimum absolute atomic E-state index is 0.556. The molecule has 0 unspecified atom stereocenters. The van der Waals surface area contributed by atoms with Gasteiger partial charge in [0.15, 0.2) is 0 Å². The fourth-order valence-electron chi connectivity index (χ4n) is 1.13. The molecule has 0 radical (unpaired) electrons. The van der Waals surface area contributed by atoms with Gasteiger partial charge < -0.3 is 0 Å². The molecule has 0 saturated carbocycles. The van der Waals surface area contributed by atoms with E-state index in [0.29, 0.717) is 0 Å². The average molecular weight is 306 g/mol. The van der Waals surface area contributed by atoms with Crippen LogP contribution < -0.4 is 0 Å². The predicted octanol–water partition coefficient (Wildman–Crippen LogP) is 4.61. The molecule has 0 aromatic rings. The monoisotopic (exact) mass is 305 g/mol. The molecule has 16 heavy (non-hydrogen) atoms. The van der Waals surface area contributed by atoms with E-state index in [9.17, 15) is 0 Å². The van der Waals surface area contributed by atoms with Gasteiger partial charge in [-0.2, -0.15) is 5.06 Å². The van der Waals surface area contributed by atoms with Crippen LogP contribution in [-0.4, -0.2) is 24.8 Å². The minimum atomic E-state index is -0.556. The summed E-state index contributed by atoms with van der Waals surface area (Å²) in [5.41, 5.74) is 0. The molecule has 0 fully saturated rings. The fourth-order valence-corrected chi connectivity index (χ4v) is 1.13. The molecule has 0 rings (SSSR count). The van der Waals surface area contributed by atoms with Crippen LogP contribution in [0.25, 0.3) is 0 Å². The van der Waals surface area contributed by atoms with Crippen LogP contribution >= 0.6 is 18.6 Å². The van der Waals surface area contributed by atoms with Crippen molar-refractivity contribution in [2.24, 2.45) is 0 Å². The molecule has 5 heteroatoms. The zero-order chi connectivity index (χ0) is 12.6. The van der Waals surface area contributed by atoms with Crippen molar-refractivity contribution in [2.45, 2.75) is 52.9 Å². The van der Waals surface area contributed by atoms with E-state index in [1.165, 1.54) is 25.7 Å². The summed E-state index contributed by atoms with van der Waals surface area (Å²) in [7, 11) is 9.78. The number of unbranched alkanes of at least 4 members (excludes halogenated alkanes) is 2. The molecule has 0 heterocycles. The maximum atomic E-state index is 5.63. The first-order chi connectivity index (χ1) is 7.76. The molecule has 0 aromatic heterocycles. The summed E-state index contributed by atoms with van der Waals surface area (Å²) in [6.07, 6.45) is 6.09. The number of nitrogens with zero attached hydrogens (tertiary/aromatic N) is 1. The van der Waals surface area contributed by atoms with Gasteiger partial charge in [-0.25, -0.2) is 0 Å². The Morgan fingerprint density at radius 3 is 1.69 bits per heavy atom. The Kier molecular flexibility index (Phi) is 22.7. The van der Waals surface area contributed by atoms with E-state index in [-0.39, 0.29) is 0 Å². The number of hydrogen-bond acceptors (Lipinski definition) is 2. The van der Waals surface area contributed by atoms with Crippen LogP contribution in [0.4, 0.5) is 0 Å². The topological polar surface area (TPSA) is 12.5 Å². The van der Waals surface area contributed by atoms with Crippen molar-refractivity contribution < 1.29 is 21.9 Å². The van der Waals surface area contributed by atoms with E-state index in [4.69, 9.17) is 23.4 Å². The van der Waals surface area contributed by atoms with Gasteiger partial charge in [-0.15, -0.1) is 0 Å². The average Bonchev–Trinajstić information content (AvgIpc) is 2.29. The number of hydrogen-bond donors (Lipinski definition) is 0. The normalized spacial score (nSPS) is 9.88. The van der Waals surface area contributed by atoms with Crippen LogP contribution in [0.1, 0.15) is 52.9 Å². The van der Waals surface area contributed by atoms with Crippen molar-refractivity contribution in [1.29, 1.82) is 0 Å². The molecule has 0 atom stereocenters. The fraction of sp³-hybridized carbons (Fsp3) is 1.00. The first kappa shape index (κ1) is 19.6. The summed E-state index contributed by atoms with van der Waals surface area (Å²) >= 11 is -0.556. The number of rotatable bonds is 9. The first-order valence-electron chi connectivity index (χ1n) is 6.10. The molecular weight excluding hydrogens is 281 g/mol. The van der Waals surface area contributed by atoms with E-state index < -0.39 is 17.0 Å². The molecule has 0 spiro atoms. The van der Waals surface area contributed by atoms with Crippen molar-refractivity contribution in [3.05, 3.63) is 0 Å². The zero-order valence-corrected chi connectivity index (χ0v) is 13.8. The van der Waals surface area contributed by atoms with Gasteiger partial charge in [0.1, 0.15) is 0 Å². The van der Waals surface area contributed by atoms with Crippen LogP contribution in [0.2, 0.25) is 0 Å². The van der Waals surface area contributed by atoms with Crippen LogP contribution in [0.3, 0.4) is 0 Å². The molecule has 2 nitrogen and oxygen atoms in total. The summed E-state index contributed by atoms with van der Waals surface area (Å²) in [6.45, 7) is 9.65. The van der Waals surface area contributed by atoms with Gasteiger partial charge in [-0.1, -0.05) is 33.6 Å². The standard InChI is InChI=1S/C11H25NO.2ClH.Ti/c1-4-7-9-12(10-8-5-2)13-11-6-3;;;/h4-11H2,1-3H3;2*1H;/q;;;+2/p-2. The van der Waals surface area contributed by atoms with Crippen molar-refractivity contribution in [3.8, 4) is 0 Å². The SMILES string of the molecule is CCCCN(CCCC)OCCC.[Cl][Ti][Cl]. The maximum absolute atomic E-state index is 5.63. The number of hydroxylamine groups is 2. The first-order valence-corrected chi connectivity index (χ1v) is 10.4. The Hall–Kier alpha value is 1.21. The molecule has 0 aliphatic rings. The van der Waals surface area contributed by atoms with E-state index in [1.54, 1.807) is 0 Å². The van der Waals surface area contributed by atoms with E-state index >= 15 is 0 Å². The van der Waals surface area contributed by atoms with Gasteiger partial charge in [0.25, 0.3) is 0 Å². The molecule has 0 amide bonds. The molecule has 0 aliphatic heterocycles. The molecular formula is C11H25Cl2NOTi. The number of halogens is 2. The van der Waals surface area contributed by atoms with E-state index in [2.05, 4.69) is 25.8 Å². The van der Waals surface area contributed by atoms with Gasteiger partial charge in [0.05, 0.1) is 6.61 Å². The van der Waals surface area contributed by atoms with Crippen LogP contribution in [0, 0.1) is 0 Å². The van der Waals surface area contributed by atoms with Crippen LogP contribution in [0.5, 0.6) is 0 Å². The predicted molar refractivity (Wildman–Crippen MR) is 69.3 cm³/mol. The second-order valence-corrected chi connectivity index (χ2v) is 6.12. The Bertz CT molecular complexity index is 101. The van der Waals surface area contributed by atoms with Crippen molar-refractivity contribution in [3.63, 3.8) is 0 Å². The summed E-state index contributed by atoms with van der Waals surface area (Å²) in [4.78, 5) is 5.63. The third kappa shape index (κ3) is 17.6. The third-order valence-electron chi connectivity index (χ3n) is 2.00. The van der Waals surface area contributed by atoms with E-state index in [1.807, 2.05) is 0 Å². The molecule has 0 aliphatic carbocycles. The Morgan fingerprint density at radius 2 is 1.38 bits per heavy atom. The third-order valence-corrected chi connectivity index (χ3v) is 2.00. The summed E-state index contributed by atoms with van der Waals surface area (Å²) < 4.78 is 0. The molecule has 0 bridgehead atoms. The molecule has 98 valence electrons. The van der Waals surface area contributed by atoms with Crippen molar-refractivity contribution in [2.75, 3.05) is 19.7 Å². The van der Waals surface area contributed by atoms with Crippen LogP contribution in [-0.2, 0) is 21.9 Å². The van der Waals surface area contributed by atoms with Gasteiger partial charge >= 0.3 is 35.6 Å². The van der Waals surface area contributed by atoms with Gasteiger partial charge in [-0.3, -0.25) is 4.84 Å². The summed E-state index contributed by atoms with van der Waals surface area (Å²) in [5.74, 6) is 0. The van der Waals surface area contributed by atoms with Crippen molar-refractivity contribution in [1.82, 2.24) is 5.06 Å². The summed E-state index contributed by atoms with van der Waals surface area (Å²) in [5, 5.41) is 2.14. The van der Waals surface area contributed by atoms with Gasteiger partial charge in [-0.05, 0) is 19.3 Å². The van der Waals surface area contributed by atoms with Crippen LogP contribution in [0.15, 0.2) is 0 Å². The molecule has 0 saturated heterocycles.